The van der Waals surface area contributed by atoms with Crippen molar-refractivity contribution in [3.8, 4) is 11.4 Å². The van der Waals surface area contributed by atoms with Gasteiger partial charge in [-0.1, -0.05) is 23.7 Å². The topological polar surface area (TPSA) is 56.4 Å². The second-order valence-corrected chi connectivity index (χ2v) is 7.78. The molecule has 31 heavy (non-hydrogen) atoms. The van der Waals surface area contributed by atoms with Gasteiger partial charge >= 0.3 is 0 Å². The molecule has 5 nitrogen and oxygen atoms in total. The maximum Gasteiger partial charge on any atom is 0.287 e. The molecule has 4 rings (SSSR count). The Labute approximate surface area is 186 Å². The minimum absolute atomic E-state index is 0.176. The van der Waals surface area contributed by atoms with E-state index in [1.807, 2.05) is 73.3 Å². The van der Waals surface area contributed by atoms with E-state index in [1.54, 1.807) is 18.2 Å². The fourth-order valence-corrected chi connectivity index (χ4v) is 3.54. The number of aromatic nitrogens is 1. The summed E-state index contributed by atoms with van der Waals surface area (Å²) in [5, 5.41) is 3.65. The lowest BCUT2D eigenvalue weighted by Gasteiger charge is -2.15. The van der Waals surface area contributed by atoms with Crippen molar-refractivity contribution in [1.29, 1.82) is 0 Å². The lowest BCUT2D eigenvalue weighted by atomic mass is 10.1. The Kier molecular flexibility index (Phi) is 6.14. The highest BCUT2D eigenvalue weighted by atomic mass is 35.5. The number of halogens is 1. The molecule has 158 valence electrons. The average Bonchev–Trinajstić information content (AvgIpc) is 3.46. The number of nitrogens with zero attached hydrogens (tertiary/aromatic N) is 1. The molecule has 1 atom stereocenters. The third kappa shape index (κ3) is 5.01. The molecule has 2 heterocycles. The zero-order chi connectivity index (χ0) is 21.8. The molecule has 0 spiro atoms. The summed E-state index contributed by atoms with van der Waals surface area (Å²) in [4.78, 5) is 12.7. The van der Waals surface area contributed by atoms with Crippen LogP contribution in [0.25, 0.3) is 5.69 Å². The van der Waals surface area contributed by atoms with E-state index >= 15 is 0 Å². The van der Waals surface area contributed by atoms with E-state index in [9.17, 15) is 4.79 Å². The first-order chi connectivity index (χ1) is 15.0. The van der Waals surface area contributed by atoms with Crippen LogP contribution in [0, 0.1) is 6.92 Å². The summed E-state index contributed by atoms with van der Waals surface area (Å²) >= 11 is 5.97. The average molecular weight is 435 g/mol. The first kappa shape index (κ1) is 20.8. The molecule has 0 bridgehead atoms. The van der Waals surface area contributed by atoms with Crippen molar-refractivity contribution in [2.24, 2.45) is 0 Å². The summed E-state index contributed by atoms with van der Waals surface area (Å²) in [7, 11) is 0. The molecule has 6 heteroatoms. The number of amides is 1. The van der Waals surface area contributed by atoms with E-state index < -0.39 is 0 Å². The highest BCUT2D eigenvalue weighted by Crippen LogP contribution is 2.23. The Balaban J connectivity index is 1.38. The maximum absolute atomic E-state index is 12.7. The predicted octanol–water partition coefficient (Wildman–Crippen LogP) is 6.10. The van der Waals surface area contributed by atoms with Crippen LogP contribution in [0.4, 0.5) is 0 Å². The Morgan fingerprint density at radius 3 is 2.68 bits per heavy atom. The minimum Gasteiger partial charge on any atom is -0.485 e. The first-order valence-corrected chi connectivity index (χ1v) is 10.4. The van der Waals surface area contributed by atoms with Gasteiger partial charge in [-0.15, -0.1) is 0 Å². The molecule has 0 aliphatic carbocycles. The summed E-state index contributed by atoms with van der Waals surface area (Å²) in [6.07, 6.45) is 3.97. The third-order valence-electron chi connectivity index (χ3n) is 5.01. The number of hydrogen-bond acceptors (Lipinski definition) is 3. The van der Waals surface area contributed by atoms with Gasteiger partial charge < -0.3 is 19.0 Å². The molecule has 0 saturated heterocycles. The summed E-state index contributed by atoms with van der Waals surface area (Å²) in [5.41, 5.74) is 2.99. The second kappa shape index (κ2) is 9.14. The van der Waals surface area contributed by atoms with Crippen LogP contribution in [-0.2, 0) is 6.61 Å². The molecular formula is C25H23ClN2O3. The van der Waals surface area contributed by atoms with Crippen molar-refractivity contribution in [3.63, 3.8) is 0 Å². The van der Waals surface area contributed by atoms with Crippen LogP contribution in [-0.4, -0.2) is 10.5 Å². The zero-order valence-electron chi connectivity index (χ0n) is 17.3. The molecular weight excluding hydrogens is 412 g/mol. The largest absolute Gasteiger partial charge is 0.485 e. The molecule has 0 aliphatic rings. The highest BCUT2D eigenvalue weighted by molar-refractivity contribution is 6.30. The number of aryl methyl sites for hydroxylation is 1. The predicted molar refractivity (Wildman–Crippen MR) is 121 cm³/mol. The summed E-state index contributed by atoms with van der Waals surface area (Å²) in [6, 6.07) is 20.7. The van der Waals surface area contributed by atoms with Gasteiger partial charge in [0.15, 0.2) is 5.76 Å². The Bertz CT molecular complexity index is 1180. The van der Waals surface area contributed by atoms with Crippen LogP contribution in [0.1, 0.15) is 40.4 Å². The molecule has 4 aromatic rings. The molecule has 0 aliphatic heterocycles. The maximum atomic E-state index is 12.7. The Hall–Kier alpha value is -3.44. The summed E-state index contributed by atoms with van der Waals surface area (Å²) in [5.74, 6) is 1.28. The van der Waals surface area contributed by atoms with E-state index in [0.29, 0.717) is 10.8 Å². The van der Waals surface area contributed by atoms with Gasteiger partial charge in [-0.3, -0.25) is 4.79 Å². The molecule has 0 fully saturated rings. The SMILES string of the molecule is Cc1cc(Cl)ccc1OCc1ccc(C(=O)NC(C)c2cccc(-n3cccc3)c2)o1. The van der Waals surface area contributed by atoms with Crippen molar-refractivity contribution in [2.75, 3.05) is 0 Å². The van der Waals surface area contributed by atoms with Crippen LogP contribution in [0.2, 0.25) is 5.02 Å². The second-order valence-electron chi connectivity index (χ2n) is 7.34. The Morgan fingerprint density at radius 2 is 1.90 bits per heavy atom. The lowest BCUT2D eigenvalue weighted by molar-refractivity contribution is 0.0907. The van der Waals surface area contributed by atoms with E-state index in [1.165, 1.54) is 0 Å². The number of carbonyl (C=O) groups excluding carboxylic acids is 1. The first-order valence-electron chi connectivity index (χ1n) is 10.0. The normalized spacial score (nSPS) is 11.8. The molecule has 1 N–H and O–H groups in total. The standard InChI is InChI=1S/C25H23ClN2O3/c1-17-14-20(26)8-10-23(17)30-16-22-9-11-24(31-22)25(29)27-18(2)19-6-5-7-21(15-19)28-12-3-4-13-28/h3-15,18H,16H2,1-2H3,(H,27,29). The number of furan rings is 1. The van der Waals surface area contributed by atoms with Crippen LogP contribution in [0.15, 0.2) is 83.5 Å². The lowest BCUT2D eigenvalue weighted by Crippen LogP contribution is -2.26. The van der Waals surface area contributed by atoms with E-state index in [4.69, 9.17) is 20.8 Å². The zero-order valence-corrected chi connectivity index (χ0v) is 18.1. The molecule has 0 radical (unpaired) electrons. The van der Waals surface area contributed by atoms with E-state index in [0.717, 1.165) is 22.6 Å². The number of ether oxygens (including phenoxy) is 1. The number of carbonyl (C=O) groups is 1. The van der Waals surface area contributed by atoms with Gasteiger partial charge in [-0.25, -0.2) is 0 Å². The highest BCUT2D eigenvalue weighted by Gasteiger charge is 2.16. The molecule has 1 unspecified atom stereocenters. The number of nitrogens with one attached hydrogen (secondary N) is 1. The monoisotopic (exact) mass is 434 g/mol. The molecule has 0 saturated carbocycles. The molecule has 2 aromatic heterocycles. The van der Waals surface area contributed by atoms with Crippen LogP contribution in [0.3, 0.4) is 0 Å². The van der Waals surface area contributed by atoms with Gasteiger partial charge in [0.1, 0.15) is 18.1 Å². The van der Waals surface area contributed by atoms with Gasteiger partial charge in [0.05, 0.1) is 6.04 Å². The smallest absolute Gasteiger partial charge is 0.287 e. The number of benzene rings is 2. The third-order valence-corrected chi connectivity index (χ3v) is 5.25. The van der Waals surface area contributed by atoms with Crippen molar-refractivity contribution >= 4 is 17.5 Å². The van der Waals surface area contributed by atoms with Crippen LogP contribution >= 0.6 is 11.6 Å². The van der Waals surface area contributed by atoms with Gasteiger partial charge in [-0.05, 0) is 79.6 Å². The number of hydrogen-bond donors (Lipinski definition) is 1. The van der Waals surface area contributed by atoms with Crippen molar-refractivity contribution in [1.82, 2.24) is 9.88 Å². The van der Waals surface area contributed by atoms with Crippen molar-refractivity contribution in [2.45, 2.75) is 26.5 Å². The Morgan fingerprint density at radius 1 is 1.10 bits per heavy atom. The molecule has 1 amide bonds. The minimum atomic E-state index is -0.271. The fraction of sp³-hybridized carbons (Fsp3) is 0.160. The van der Waals surface area contributed by atoms with Gasteiger partial charge in [0.25, 0.3) is 5.91 Å². The quantitative estimate of drug-likeness (QED) is 0.382. The van der Waals surface area contributed by atoms with Crippen molar-refractivity contribution < 1.29 is 13.9 Å². The van der Waals surface area contributed by atoms with Crippen LogP contribution < -0.4 is 10.1 Å². The summed E-state index contributed by atoms with van der Waals surface area (Å²) < 4.78 is 13.5. The van der Waals surface area contributed by atoms with Gasteiger partial charge in [0.2, 0.25) is 0 Å². The van der Waals surface area contributed by atoms with E-state index in [-0.39, 0.29) is 24.3 Å². The van der Waals surface area contributed by atoms with Crippen LogP contribution in [0.5, 0.6) is 5.75 Å². The van der Waals surface area contributed by atoms with Gasteiger partial charge in [0, 0.05) is 23.1 Å². The van der Waals surface area contributed by atoms with Gasteiger partial charge in [-0.2, -0.15) is 0 Å². The number of rotatable bonds is 7. The summed E-state index contributed by atoms with van der Waals surface area (Å²) in [6.45, 7) is 4.10. The van der Waals surface area contributed by atoms with E-state index in [2.05, 4.69) is 11.4 Å². The fourth-order valence-electron chi connectivity index (χ4n) is 3.31. The van der Waals surface area contributed by atoms with Crippen molar-refractivity contribution in [3.05, 3.63) is 107 Å². The molecule has 2 aromatic carbocycles.